The molecule has 0 spiro atoms. The number of benzene rings is 2. The van der Waals surface area contributed by atoms with Crippen LogP contribution in [0.15, 0.2) is 54.6 Å². The number of nitrogens with zero attached hydrogens (tertiary/aromatic N) is 3. The molecule has 172 valence electrons. The van der Waals surface area contributed by atoms with Gasteiger partial charge in [-0.2, -0.15) is 13.2 Å². The monoisotopic (exact) mass is 458 g/mol. The smallest absolute Gasteiger partial charge is 0.320 e. The number of nitrogens with one attached hydrogen (secondary N) is 1. The summed E-state index contributed by atoms with van der Waals surface area (Å²) in [5, 5.41) is 2.31. The van der Waals surface area contributed by atoms with E-state index in [1.165, 1.54) is 32.9 Å². The van der Waals surface area contributed by atoms with Crippen molar-refractivity contribution in [3.05, 3.63) is 65.7 Å². The number of hydrogen-bond acceptors (Lipinski definition) is 3. The van der Waals surface area contributed by atoms with Crippen LogP contribution in [-0.2, 0) is 11.0 Å². The number of para-hydroxylation sites is 1. The van der Waals surface area contributed by atoms with E-state index >= 15 is 0 Å². The third-order valence-corrected chi connectivity index (χ3v) is 6.43. The topological polar surface area (TPSA) is 73.0 Å². The number of urea groups is 2. The summed E-state index contributed by atoms with van der Waals surface area (Å²) < 4.78 is 39.7. The summed E-state index contributed by atoms with van der Waals surface area (Å²) in [6.45, 7) is 0.197. The number of carbonyl (C=O) groups excluding carboxylic acids is 3. The van der Waals surface area contributed by atoms with Crippen molar-refractivity contribution in [2.24, 2.45) is 0 Å². The number of anilines is 1. The van der Waals surface area contributed by atoms with E-state index in [2.05, 4.69) is 5.32 Å². The normalized spacial score (nSPS) is 24.7. The second-order valence-corrected chi connectivity index (χ2v) is 8.44. The van der Waals surface area contributed by atoms with Gasteiger partial charge in [-0.05, 0) is 24.1 Å². The van der Waals surface area contributed by atoms with Crippen LogP contribution in [0.5, 0.6) is 0 Å². The Hall–Kier alpha value is -3.56. The maximum atomic E-state index is 13.2. The van der Waals surface area contributed by atoms with Crippen molar-refractivity contribution in [2.45, 2.75) is 30.6 Å². The fraction of sp³-hybridized carbons (Fsp3) is 0.348. The summed E-state index contributed by atoms with van der Waals surface area (Å²) in [5.41, 5.74) is -0.232. The summed E-state index contributed by atoms with van der Waals surface area (Å²) in [4.78, 5) is 42.7. The lowest BCUT2D eigenvalue weighted by molar-refractivity contribution is -0.137. The van der Waals surface area contributed by atoms with Gasteiger partial charge in [-0.1, -0.05) is 42.5 Å². The molecule has 2 heterocycles. The van der Waals surface area contributed by atoms with E-state index in [0.717, 1.165) is 11.6 Å². The van der Waals surface area contributed by atoms with Gasteiger partial charge in [0.15, 0.2) is 0 Å². The Morgan fingerprint density at radius 2 is 1.67 bits per heavy atom. The predicted octanol–water partition coefficient (Wildman–Crippen LogP) is 3.74. The van der Waals surface area contributed by atoms with Crippen molar-refractivity contribution in [1.82, 2.24) is 14.7 Å². The van der Waals surface area contributed by atoms with Crippen LogP contribution in [-0.4, -0.2) is 64.4 Å². The van der Waals surface area contributed by atoms with Crippen molar-refractivity contribution < 1.29 is 27.6 Å². The number of piperazine rings is 1. The van der Waals surface area contributed by atoms with Crippen molar-refractivity contribution in [2.75, 3.05) is 25.0 Å². The lowest BCUT2D eigenvalue weighted by Crippen LogP contribution is -2.55. The molecule has 5 rings (SSSR count). The molecular weight excluding hydrogens is 437 g/mol. The van der Waals surface area contributed by atoms with E-state index in [-0.39, 0.29) is 49.2 Å². The Kier molecular flexibility index (Phi) is 5.02. The van der Waals surface area contributed by atoms with Crippen molar-refractivity contribution >= 4 is 23.7 Å². The number of carbonyl (C=O) groups is 3. The highest BCUT2D eigenvalue weighted by atomic mass is 19.4. The molecule has 7 nitrogen and oxygen atoms in total. The van der Waals surface area contributed by atoms with E-state index in [9.17, 15) is 27.6 Å². The fourth-order valence-electron chi connectivity index (χ4n) is 4.67. The SMILES string of the molecule is O=C(Nc1ccccc1C(F)(F)F)N1CCN2C(=O)N([C@H]3C[C@@H]3c3ccccc3)C(=O)C2C1. The molecule has 2 aromatic carbocycles. The molecule has 3 fully saturated rings. The molecule has 1 N–H and O–H groups in total. The predicted molar refractivity (Wildman–Crippen MR) is 112 cm³/mol. The Morgan fingerprint density at radius 1 is 0.970 bits per heavy atom. The fourth-order valence-corrected chi connectivity index (χ4v) is 4.67. The second-order valence-electron chi connectivity index (χ2n) is 8.44. The van der Waals surface area contributed by atoms with E-state index in [4.69, 9.17) is 0 Å². The van der Waals surface area contributed by atoms with Gasteiger partial charge in [-0.15, -0.1) is 0 Å². The summed E-state index contributed by atoms with van der Waals surface area (Å²) >= 11 is 0. The molecule has 10 heteroatoms. The number of hydrogen-bond donors (Lipinski definition) is 1. The van der Waals surface area contributed by atoms with Crippen LogP contribution in [0.1, 0.15) is 23.5 Å². The van der Waals surface area contributed by atoms with Gasteiger partial charge < -0.3 is 15.1 Å². The van der Waals surface area contributed by atoms with Gasteiger partial charge in [0, 0.05) is 25.0 Å². The molecule has 0 aromatic heterocycles. The van der Waals surface area contributed by atoms with Gasteiger partial charge in [0.05, 0.1) is 17.8 Å². The second kappa shape index (κ2) is 7.79. The zero-order valence-electron chi connectivity index (χ0n) is 17.5. The summed E-state index contributed by atoms with van der Waals surface area (Å²) in [7, 11) is 0. The zero-order valence-corrected chi connectivity index (χ0v) is 17.5. The van der Waals surface area contributed by atoms with Gasteiger partial charge >= 0.3 is 18.2 Å². The number of alkyl halides is 3. The number of halogens is 3. The Bertz CT molecular complexity index is 1110. The highest BCUT2D eigenvalue weighted by molar-refractivity contribution is 6.05. The average Bonchev–Trinajstić information content (AvgIpc) is 3.54. The number of fused-ring (bicyclic) bond motifs is 1. The lowest BCUT2D eigenvalue weighted by atomic mass is 10.1. The van der Waals surface area contributed by atoms with Crippen LogP contribution < -0.4 is 5.32 Å². The van der Waals surface area contributed by atoms with Gasteiger partial charge in [-0.25, -0.2) is 9.59 Å². The third kappa shape index (κ3) is 3.79. The highest BCUT2D eigenvalue weighted by Crippen LogP contribution is 2.47. The molecular formula is C23H21F3N4O3. The van der Waals surface area contributed by atoms with Crippen molar-refractivity contribution in [3.8, 4) is 0 Å². The molecule has 3 atom stereocenters. The molecule has 2 aromatic rings. The summed E-state index contributed by atoms with van der Waals surface area (Å²) in [5.74, 6) is -0.268. The van der Waals surface area contributed by atoms with Gasteiger partial charge in [0.1, 0.15) is 6.04 Å². The molecule has 1 saturated carbocycles. The molecule has 33 heavy (non-hydrogen) atoms. The Morgan fingerprint density at radius 3 is 2.39 bits per heavy atom. The summed E-state index contributed by atoms with van der Waals surface area (Å²) in [6, 6.07) is 12.2. The molecule has 5 amide bonds. The maximum absolute atomic E-state index is 13.2. The van der Waals surface area contributed by atoms with Gasteiger partial charge in [0.25, 0.3) is 5.91 Å². The number of rotatable bonds is 3. The first-order valence-electron chi connectivity index (χ1n) is 10.7. The van der Waals surface area contributed by atoms with Crippen molar-refractivity contribution in [1.29, 1.82) is 0 Å². The van der Waals surface area contributed by atoms with E-state index in [0.29, 0.717) is 6.42 Å². The van der Waals surface area contributed by atoms with Crippen LogP contribution in [0.25, 0.3) is 0 Å². The quantitative estimate of drug-likeness (QED) is 0.713. The Balaban J connectivity index is 1.27. The largest absolute Gasteiger partial charge is 0.418 e. The van der Waals surface area contributed by atoms with Gasteiger partial charge in [-0.3, -0.25) is 9.69 Å². The van der Waals surface area contributed by atoms with Crippen LogP contribution in [0.2, 0.25) is 0 Å². The van der Waals surface area contributed by atoms with E-state index in [1.807, 2.05) is 30.3 Å². The first-order valence-corrected chi connectivity index (χ1v) is 10.7. The van der Waals surface area contributed by atoms with Crippen LogP contribution in [0.3, 0.4) is 0 Å². The lowest BCUT2D eigenvalue weighted by Gasteiger charge is -2.35. The number of imide groups is 1. The number of amides is 5. The van der Waals surface area contributed by atoms with Crippen LogP contribution in [0.4, 0.5) is 28.4 Å². The maximum Gasteiger partial charge on any atom is 0.418 e. The average molecular weight is 458 g/mol. The molecule has 2 saturated heterocycles. The molecule has 1 aliphatic carbocycles. The highest BCUT2D eigenvalue weighted by Gasteiger charge is 2.56. The minimum atomic E-state index is -4.61. The summed E-state index contributed by atoms with van der Waals surface area (Å²) in [6.07, 6.45) is -3.92. The minimum absolute atomic E-state index is 0.0657. The van der Waals surface area contributed by atoms with E-state index < -0.39 is 23.8 Å². The first-order chi connectivity index (χ1) is 15.8. The Labute approximate surface area is 187 Å². The zero-order chi connectivity index (χ0) is 23.3. The molecule has 2 aliphatic heterocycles. The van der Waals surface area contributed by atoms with E-state index in [1.54, 1.807) is 0 Å². The molecule has 3 aliphatic rings. The standard InChI is InChI=1S/C23H21F3N4O3/c24-23(25,26)16-8-4-5-9-17(16)27-21(32)28-10-11-29-19(13-28)20(31)30(22(29)33)18-12-15(18)14-6-2-1-3-7-14/h1-9,15,18-19H,10-13H2,(H,27,32)/t15-,18+,19?/m1/s1. The van der Waals surface area contributed by atoms with Gasteiger partial charge in [0.2, 0.25) is 0 Å². The first kappa shape index (κ1) is 21.3. The molecule has 1 unspecified atom stereocenters. The van der Waals surface area contributed by atoms with Crippen LogP contribution >= 0.6 is 0 Å². The van der Waals surface area contributed by atoms with Crippen molar-refractivity contribution in [3.63, 3.8) is 0 Å². The molecule has 0 radical (unpaired) electrons. The molecule has 0 bridgehead atoms. The third-order valence-electron chi connectivity index (χ3n) is 6.43. The van der Waals surface area contributed by atoms with Crippen LogP contribution in [0, 0.1) is 0 Å². The minimum Gasteiger partial charge on any atom is -0.320 e.